The zero-order valence-corrected chi connectivity index (χ0v) is 15.8. The van der Waals surface area contributed by atoms with E-state index in [2.05, 4.69) is 10.3 Å². The van der Waals surface area contributed by atoms with Gasteiger partial charge in [0.25, 0.3) is 5.91 Å². The predicted molar refractivity (Wildman–Crippen MR) is 103 cm³/mol. The molecule has 0 aliphatic carbocycles. The van der Waals surface area contributed by atoms with Gasteiger partial charge in [0, 0.05) is 16.6 Å². The summed E-state index contributed by atoms with van der Waals surface area (Å²) in [4.78, 5) is 16.9. The molecule has 0 saturated carbocycles. The van der Waals surface area contributed by atoms with Crippen molar-refractivity contribution in [3.05, 3.63) is 76.9 Å². The number of halogens is 4. The van der Waals surface area contributed by atoms with Gasteiger partial charge in [0.1, 0.15) is 0 Å². The van der Waals surface area contributed by atoms with Crippen molar-refractivity contribution in [2.45, 2.75) is 31.5 Å². The molecular weight excluding hydrogens is 389 g/mol. The van der Waals surface area contributed by atoms with Gasteiger partial charge in [0.05, 0.1) is 23.0 Å². The van der Waals surface area contributed by atoms with Gasteiger partial charge in [-0.25, -0.2) is 0 Å². The summed E-state index contributed by atoms with van der Waals surface area (Å²) in [6, 6.07) is 15.4. The minimum Gasteiger partial charge on any atom is -0.346 e. The first-order valence-electron chi connectivity index (χ1n) is 8.62. The van der Waals surface area contributed by atoms with E-state index in [1.807, 2.05) is 0 Å². The van der Waals surface area contributed by atoms with Crippen LogP contribution in [-0.2, 0) is 6.42 Å². The number of nitrogens with zero attached hydrogens (tertiary/aromatic N) is 1. The van der Waals surface area contributed by atoms with Crippen LogP contribution >= 0.6 is 11.6 Å². The number of amides is 1. The number of carbonyl (C=O) groups is 1. The molecule has 2 aromatic carbocycles. The standard InChI is InChI=1S/C21H18ClF3N2O/c1-20(13-21(23,24)25,11-14-5-3-2-4-6-14)27-19(28)16-9-15-7-8-17(22)10-18(15)26-12-16/h2-10,12H,11,13H2,1H3,(H,27,28). The van der Waals surface area contributed by atoms with Crippen molar-refractivity contribution in [3.8, 4) is 0 Å². The van der Waals surface area contributed by atoms with Crippen molar-refractivity contribution in [2.75, 3.05) is 0 Å². The minimum absolute atomic E-state index is 0.0513. The fraction of sp³-hybridized carbons (Fsp3) is 0.238. The van der Waals surface area contributed by atoms with Gasteiger partial charge in [-0.3, -0.25) is 9.78 Å². The lowest BCUT2D eigenvalue weighted by atomic mass is 9.88. The number of fused-ring (bicyclic) bond motifs is 1. The van der Waals surface area contributed by atoms with E-state index >= 15 is 0 Å². The molecular formula is C21H18ClF3N2O. The van der Waals surface area contributed by atoms with Gasteiger partial charge in [-0.05, 0) is 37.1 Å². The molecule has 3 aromatic rings. The van der Waals surface area contributed by atoms with Gasteiger partial charge in [-0.1, -0.05) is 48.0 Å². The van der Waals surface area contributed by atoms with Crippen LogP contribution in [0, 0.1) is 0 Å². The Labute approximate surface area is 165 Å². The molecule has 1 aromatic heterocycles. The van der Waals surface area contributed by atoms with E-state index in [0.29, 0.717) is 21.5 Å². The summed E-state index contributed by atoms with van der Waals surface area (Å²) in [7, 11) is 0. The van der Waals surface area contributed by atoms with Crippen molar-refractivity contribution in [3.63, 3.8) is 0 Å². The molecule has 0 radical (unpaired) electrons. The molecule has 28 heavy (non-hydrogen) atoms. The van der Waals surface area contributed by atoms with Gasteiger partial charge in [-0.15, -0.1) is 0 Å². The van der Waals surface area contributed by atoms with Crippen LogP contribution in [-0.4, -0.2) is 22.6 Å². The van der Waals surface area contributed by atoms with Crippen molar-refractivity contribution in [1.29, 1.82) is 0 Å². The molecule has 3 rings (SSSR count). The first-order valence-corrected chi connectivity index (χ1v) is 9.00. The van der Waals surface area contributed by atoms with Crippen LogP contribution < -0.4 is 5.32 Å². The number of rotatable bonds is 5. The Bertz CT molecular complexity index is 992. The van der Waals surface area contributed by atoms with Crippen LogP contribution in [0.4, 0.5) is 13.2 Å². The second-order valence-corrected chi connectivity index (χ2v) is 7.47. The molecule has 1 N–H and O–H groups in total. The third-order valence-corrected chi connectivity index (χ3v) is 4.59. The molecule has 1 amide bonds. The van der Waals surface area contributed by atoms with E-state index in [-0.39, 0.29) is 12.0 Å². The zero-order chi connectivity index (χ0) is 20.4. The summed E-state index contributed by atoms with van der Waals surface area (Å²) in [6.45, 7) is 1.40. The largest absolute Gasteiger partial charge is 0.391 e. The van der Waals surface area contributed by atoms with E-state index in [1.165, 1.54) is 13.1 Å². The topological polar surface area (TPSA) is 42.0 Å². The van der Waals surface area contributed by atoms with Gasteiger partial charge in [0.2, 0.25) is 0 Å². The maximum absolute atomic E-state index is 13.2. The van der Waals surface area contributed by atoms with Crippen molar-refractivity contribution in [1.82, 2.24) is 10.3 Å². The van der Waals surface area contributed by atoms with E-state index < -0.39 is 24.0 Å². The smallest absolute Gasteiger partial charge is 0.346 e. The number of alkyl halides is 3. The van der Waals surface area contributed by atoms with Crippen LogP contribution in [0.5, 0.6) is 0 Å². The van der Waals surface area contributed by atoms with E-state index in [1.54, 1.807) is 54.6 Å². The number of carbonyl (C=O) groups excluding carboxylic acids is 1. The number of nitrogens with one attached hydrogen (secondary N) is 1. The van der Waals surface area contributed by atoms with Crippen LogP contribution in [0.15, 0.2) is 60.8 Å². The third-order valence-electron chi connectivity index (χ3n) is 4.35. The molecule has 1 heterocycles. The summed E-state index contributed by atoms with van der Waals surface area (Å²) in [5.74, 6) is -0.605. The molecule has 0 spiro atoms. The highest BCUT2D eigenvalue weighted by molar-refractivity contribution is 6.31. The maximum Gasteiger partial charge on any atom is 0.391 e. The van der Waals surface area contributed by atoms with Gasteiger partial charge in [-0.2, -0.15) is 13.2 Å². The molecule has 1 atom stereocenters. The Kier molecular flexibility index (Phi) is 5.61. The lowest BCUT2D eigenvalue weighted by Crippen LogP contribution is -2.50. The summed E-state index contributed by atoms with van der Waals surface area (Å²) in [5.41, 5.74) is 0.00884. The molecule has 0 aliphatic heterocycles. The van der Waals surface area contributed by atoms with E-state index in [9.17, 15) is 18.0 Å². The Morgan fingerprint density at radius 3 is 2.50 bits per heavy atom. The highest BCUT2D eigenvalue weighted by atomic mass is 35.5. The molecule has 0 saturated heterocycles. The number of pyridine rings is 1. The molecule has 3 nitrogen and oxygen atoms in total. The van der Waals surface area contributed by atoms with Crippen LogP contribution in [0.25, 0.3) is 10.9 Å². The average molecular weight is 407 g/mol. The lowest BCUT2D eigenvalue weighted by Gasteiger charge is -2.32. The summed E-state index contributed by atoms with van der Waals surface area (Å²) in [6.07, 6.45) is -4.17. The predicted octanol–water partition coefficient (Wildman–Crippen LogP) is 5.57. The van der Waals surface area contributed by atoms with Gasteiger partial charge in [0.15, 0.2) is 0 Å². The van der Waals surface area contributed by atoms with Crippen molar-refractivity contribution < 1.29 is 18.0 Å². The molecule has 7 heteroatoms. The summed E-state index contributed by atoms with van der Waals surface area (Å²) in [5, 5.41) is 3.76. The summed E-state index contributed by atoms with van der Waals surface area (Å²) >= 11 is 5.92. The monoisotopic (exact) mass is 406 g/mol. The average Bonchev–Trinajstić information content (AvgIpc) is 2.60. The normalized spacial score (nSPS) is 13.9. The quantitative estimate of drug-likeness (QED) is 0.601. The Hall–Kier alpha value is -2.60. The Morgan fingerprint density at radius 1 is 1.11 bits per heavy atom. The van der Waals surface area contributed by atoms with Crippen LogP contribution in [0.1, 0.15) is 29.3 Å². The second kappa shape index (κ2) is 7.80. The maximum atomic E-state index is 13.2. The molecule has 0 fully saturated rings. The van der Waals surface area contributed by atoms with Gasteiger partial charge >= 0.3 is 6.18 Å². The Morgan fingerprint density at radius 2 is 1.82 bits per heavy atom. The van der Waals surface area contributed by atoms with Crippen LogP contribution in [0.2, 0.25) is 5.02 Å². The first kappa shape index (κ1) is 20.1. The van der Waals surface area contributed by atoms with Crippen molar-refractivity contribution in [2.24, 2.45) is 0 Å². The van der Waals surface area contributed by atoms with Gasteiger partial charge < -0.3 is 5.32 Å². The number of aromatic nitrogens is 1. The summed E-state index contributed by atoms with van der Waals surface area (Å²) < 4.78 is 39.5. The Balaban J connectivity index is 1.87. The number of benzene rings is 2. The minimum atomic E-state index is -4.42. The first-order chi connectivity index (χ1) is 13.1. The number of hydrogen-bond donors (Lipinski definition) is 1. The lowest BCUT2D eigenvalue weighted by molar-refractivity contribution is -0.147. The molecule has 1 unspecified atom stereocenters. The highest BCUT2D eigenvalue weighted by Crippen LogP contribution is 2.30. The molecule has 0 aliphatic rings. The second-order valence-electron chi connectivity index (χ2n) is 7.03. The number of hydrogen-bond acceptors (Lipinski definition) is 2. The molecule has 0 bridgehead atoms. The SMILES string of the molecule is CC(Cc1ccccc1)(CC(F)(F)F)NC(=O)c1cnc2cc(Cl)ccc2c1. The highest BCUT2D eigenvalue weighted by Gasteiger charge is 2.40. The van der Waals surface area contributed by atoms with E-state index in [0.717, 1.165) is 0 Å². The fourth-order valence-electron chi connectivity index (χ4n) is 3.20. The third kappa shape index (κ3) is 5.23. The molecule has 146 valence electrons. The van der Waals surface area contributed by atoms with Crippen LogP contribution in [0.3, 0.4) is 0 Å². The fourth-order valence-corrected chi connectivity index (χ4v) is 3.37. The van der Waals surface area contributed by atoms with Crippen molar-refractivity contribution >= 4 is 28.4 Å². The zero-order valence-electron chi connectivity index (χ0n) is 15.1. The van der Waals surface area contributed by atoms with E-state index in [4.69, 9.17) is 11.6 Å².